The molecule has 0 amide bonds. The summed E-state index contributed by atoms with van der Waals surface area (Å²) in [7, 11) is -3.15. The molecule has 1 saturated heterocycles. The molecule has 2 rings (SSSR count). The van der Waals surface area contributed by atoms with Crippen LogP contribution in [0.1, 0.15) is 0 Å². The Kier molecular flexibility index (Phi) is 4.79. The van der Waals surface area contributed by atoms with E-state index in [1.807, 2.05) is 0 Å². The summed E-state index contributed by atoms with van der Waals surface area (Å²) in [5, 5.41) is 2.91. The lowest BCUT2D eigenvalue weighted by atomic mass is 10.6. The van der Waals surface area contributed by atoms with Gasteiger partial charge in [0.05, 0.1) is 5.75 Å². The maximum Gasteiger partial charge on any atom is 0.222 e. The maximum absolute atomic E-state index is 12.0. The Hall–Kier alpha value is -0.860. The van der Waals surface area contributed by atoms with Gasteiger partial charge in [0, 0.05) is 43.5 Å². The van der Waals surface area contributed by atoms with Gasteiger partial charge in [-0.15, -0.1) is 0 Å². The van der Waals surface area contributed by atoms with Gasteiger partial charge in [0.15, 0.2) is 0 Å². The van der Waals surface area contributed by atoms with Gasteiger partial charge in [0.2, 0.25) is 16.0 Å². The first-order valence-corrected chi connectivity index (χ1v) is 8.51. The van der Waals surface area contributed by atoms with E-state index in [1.54, 1.807) is 34.5 Å². The molecule has 100 valence electrons. The molecular weight excluding hydrogens is 272 g/mol. The van der Waals surface area contributed by atoms with E-state index in [2.05, 4.69) is 15.3 Å². The first-order valence-electron chi connectivity index (χ1n) is 5.75. The minimum Gasteiger partial charge on any atom is -0.353 e. The van der Waals surface area contributed by atoms with Crippen molar-refractivity contribution in [3.05, 3.63) is 18.5 Å². The Morgan fingerprint density at radius 1 is 1.28 bits per heavy atom. The molecule has 1 aromatic rings. The summed E-state index contributed by atoms with van der Waals surface area (Å²) in [4.78, 5) is 7.95. The SMILES string of the molecule is O=S(=O)(CCNc1ncccn1)N1CCSCC1. The second kappa shape index (κ2) is 6.35. The summed E-state index contributed by atoms with van der Waals surface area (Å²) in [5.41, 5.74) is 0. The van der Waals surface area contributed by atoms with Crippen LogP contribution in [0.5, 0.6) is 0 Å². The number of nitrogens with zero attached hydrogens (tertiary/aromatic N) is 3. The van der Waals surface area contributed by atoms with Crippen molar-refractivity contribution in [2.24, 2.45) is 0 Å². The zero-order valence-electron chi connectivity index (χ0n) is 9.95. The highest BCUT2D eigenvalue weighted by Gasteiger charge is 2.23. The lowest BCUT2D eigenvalue weighted by Gasteiger charge is -2.25. The summed E-state index contributed by atoms with van der Waals surface area (Å²) >= 11 is 1.79. The van der Waals surface area contributed by atoms with Crippen molar-refractivity contribution < 1.29 is 8.42 Å². The van der Waals surface area contributed by atoms with Crippen LogP contribution in [-0.2, 0) is 10.0 Å². The average Bonchev–Trinajstić information content (AvgIpc) is 2.41. The van der Waals surface area contributed by atoms with E-state index in [-0.39, 0.29) is 5.75 Å². The van der Waals surface area contributed by atoms with Crippen molar-refractivity contribution >= 4 is 27.7 Å². The number of nitrogens with one attached hydrogen (secondary N) is 1. The molecule has 0 unspecified atom stereocenters. The molecule has 1 fully saturated rings. The average molecular weight is 288 g/mol. The van der Waals surface area contributed by atoms with Crippen LogP contribution in [0.2, 0.25) is 0 Å². The van der Waals surface area contributed by atoms with Gasteiger partial charge in [-0.2, -0.15) is 11.8 Å². The molecule has 18 heavy (non-hydrogen) atoms. The van der Waals surface area contributed by atoms with Crippen LogP contribution in [-0.4, -0.2) is 59.6 Å². The normalized spacial score (nSPS) is 17.6. The fourth-order valence-corrected chi connectivity index (χ4v) is 4.13. The smallest absolute Gasteiger partial charge is 0.222 e. The minimum absolute atomic E-state index is 0.0793. The number of hydrogen-bond acceptors (Lipinski definition) is 6. The minimum atomic E-state index is -3.15. The van der Waals surface area contributed by atoms with Crippen molar-refractivity contribution in [3.63, 3.8) is 0 Å². The molecular formula is C10H16N4O2S2. The molecule has 0 saturated carbocycles. The van der Waals surface area contributed by atoms with Gasteiger partial charge < -0.3 is 5.32 Å². The quantitative estimate of drug-likeness (QED) is 0.838. The Morgan fingerprint density at radius 3 is 2.61 bits per heavy atom. The van der Waals surface area contributed by atoms with E-state index in [0.29, 0.717) is 25.6 Å². The first kappa shape index (κ1) is 13.6. The molecule has 0 radical (unpaired) electrons. The third-order valence-corrected chi connectivity index (χ3v) is 5.39. The number of sulfonamides is 1. The Bertz CT molecular complexity index is 460. The van der Waals surface area contributed by atoms with Crippen molar-refractivity contribution in [1.82, 2.24) is 14.3 Å². The number of aromatic nitrogens is 2. The van der Waals surface area contributed by atoms with Crippen molar-refractivity contribution in [2.75, 3.05) is 42.2 Å². The van der Waals surface area contributed by atoms with E-state index in [0.717, 1.165) is 11.5 Å². The van der Waals surface area contributed by atoms with Crippen molar-refractivity contribution in [3.8, 4) is 0 Å². The van der Waals surface area contributed by atoms with Gasteiger partial charge in [-0.3, -0.25) is 0 Å². The molecule has 1 aliphatic rings. The Balaban J connectivity index is 1.82. The van der Waals surface area contributed by atoms with Crippen LogP contribution in [0.4, 0.5) is 5.95 Å². The van der Waals surface area contributed by atoms with Gasteiger partial charge >= 0.3 is 0 Å². The fraction of sp³-hybridized carbons (Fsp3) is 0.600. The van der Waals surface area contributed by atoms with Crippen LogP contribution in [0, 0.1) is 0 Å². The second-order valence-corrected chi connectivity index (χ2v) is 7.14. The van der Waals surface area contributed by atoms with E-state index < -0.39 is 10.0 Å². The topological polar surface area (TPSA) is 75.2 Å². The predicted octanol–water partition coefficient (Wildman–Crippen LogP) is 0.267. The maximum atomic E-state index is 12.0. The molecule has 0 atom stereocenters. The van der Waals surface area contributed by atoms with Gasteiger partial charge in [0.25, 0.3) is 0 Å². The monoisotopic (exact) mass is 288 g/mol. The highest BCUT2D eigenvalue weighted by molar-refractivity contribution is 7.99. The van der Waals surface area contributed by atoms with Gasteiger partial charge in [-0.1, -0.05) is 0 Å². The third-order valence-electron chi connectivity index (χ3n) is 2.57. The molecule has 1 aliphatic heterocycles. The Morgan fingerprint density at radius 2 is 1.94 bits per heavy atom. The van der Waals surface area contributed by atoms with E-state index >= 15 is 0 Å². The highest BCUT2D eigenvalue weighted by atomic mass is 32.2. The number of hydrogen-bond donors (Lipinski definition) is 1. The van der Waals surface area contributed by atoms with Crippen LogP contribution >= 0.6 is 11.8 Å². The van der Waals surface area contributed by atoms with Crippen LogP contribution in [0.3, 0.4) is 0 Å². The summed E-state index contributed by atoms with van der Waals surface area (Å²) in [6.45, 7) is 1.57. The molecule has 6 nitrogen and oxygen atoms in total. The lowest BCUT2D eigenvalue weighted by molar-refractivity contribution is 0.444. The van der Waals surface area contributed by atoms with Crippen molar-refractivity contribution in [2.45, 2.75) is 0 Å². The summed E-state index contributed by atoms with van der Waals surface area (Å²) < 4.78 is 25.6. The van der Waals surface area contributed by atoms with E-state index in [9.17, 15) is 8.42 Å². The zero-order chi connectivity index (χ0) is 12.8. The summed E-state index contributed by atoms with van der Waals surface area (Å²) in [6.07, 6.45) is 3.23. The molecule has 0 aliphatic carbocycles. The van der Waals surface area contributed by atoms with Crippen LogP contribution in [0.25, 0.3) is 0 Å². The lowest BCUT2D eigenvalue weighted by Crippen LogP contribution is -2.40. The standard InChI is InChI=1S/C10H16N4O2S2/c15-18(16,14-5-7-17-8-6-14)9-4-13-10-11-2-1-3-12-10/h1-3H,4-9H2,(H,11,12,13). The highest BCUT2D eigenvalue weighted by Crippen LogP contribution is 2.13. The van der Waals surface area contributed by atoms with Crippen LogP contribution in [0.15, 0.2) is 18.5 Å². The molecule has 1 aromatic heterocycles. The predicted molar refractivity (Wildman–Crippen MR) is 73.2 cm³/mol. The molecule has 0 bridgehead atoms. The third kappa shape index (κ3) is 3.82. The largest absolute Gasteiger partial charge is 0.353 e. The number of thioether (sulfide) groups is 1. The second-order valence-electron chi connectivity index (χ2n) is 3.83. The van der Waals surface area contributed by atoms with E-state index in [1.165, 1.54) is 0 Å². The molecule has 8 heteroatoms. The van der Waals surface area contributed by atoms with Crippen molar-refractivity contribution in [1.29, 1.82) is 0 Å². The zero-order valence-corrected chi connectivity index (χ0v) is 11.6. The Labute approximate surface area is 111 Å². The summed E-state index contributed by atoms with van der Waals surface area (Å²) in [5.74, 6) is 2.31. The van der Waals surface area contributed by atoms with E-state index in [4.69, 9.17) is 0 Å². The number of anilines is 1. The molecule has 0 spiro atoms. The van der Waals surface area contributed by atoms with Gasteiger partial charge in [-0.25, -0.2) is 22.7 Å². The summed E-state index contributed by atoms with van der Waals surface area (Å²) in [6, 6.07) is 1.72. The molecule has 0 aromatic carbocycles. The van der Waals surface area contributed by atoms with Crippen LogP contribution < -0.4 is 5.32 Å². The fourth-order valence-electron chi connectivity index (χ4n) is 1.64. The molecule has 2 heterocycles. The van der Waals surface area contributed by atoms with Gasteiger partial charge in [0.1, 0.15) is 0 Å². The first-order chi connectivity index (χ1) is 8.68. The van der Waals surface area contributed by atoms with Gasteiger partial charge in [-0.05, 0) is 6.07 Å². The number of rotatable bonds is 5. The molecule has 1 N–H and O–H groups in total.